The highest BCUT2D eigenvalue weighted by Gasteiger charge is 2.27. The number of carbonyl (C=O) groups is 1. The summed E-state index contributed by atoms with van der Waals surface area (Å²) in [6, 6.07) is 5.55. The van der Waals surface area contributed by atoms with Gasteiger partial charge in [-0.25, -0.2) is 0 Å². The van der Waals surface area contributed by atoms with Crippen molar-refractivity contribution >= 4 is 18.5 Å². The quantitative estimate of drug-likeness (QED) is 0.801. The molecule has 120 valence electrons. The second kappa shape index (κ2) is 5.79. The average molecular weight is 315 g/mol. The van der Waals surface area contributed by atoms with Crippen LogP contribution in [-0.4, -0.2) is 28.2 Å². The van der Waals surface area contributed by atoms with Gasteiger partial charge >= 0.3 is 18.9 Å². The molecule has 0 radical (unpaired) electrons. The SMILES string of the molecule is CC(C)(C)c1noc(C(=O)NCc2ccc3c(c2)COB3O)n1. The molecule has 2 aromatic rings. The van der Waals surface area contributed by atoms with Crippen molar-refractivity contribution in [2.45, 2.75) is 39.3 Å². The molecule has 1 aliphatic rings. The highest BCUT2D eigenvalue weighted by atomic mass is 16.5. The van der Waals surface area contributed by atoms with Gasteiger partial charge in [0, 0.05) is 12.0 Å². The summed E-state index contributed by atoms with van der Waals surface area (Å²) in [6.45, 7) is 6.54. The van der Waals surface area contributed by atoms with Gasteiger partial charge in [0.25, 0.3) is 0 Å². The minimum atomic E-state index is -0.858. The molecule has 2 heterocycles. The highest BCUT2D eigenvalue weighted by Crippen LogP contribution is 2.18. The van der Waals surface area contributed by atoms with Crippen LogP contribution in [0.4, 0.5) is 0 Å². The van der Waals surface area contributed by atoms with Crippen LogP contribution in [0.2, 0.25) is 0 Å². The van der Waals surface area contributed by atoms with E-state index in [2.05, 4.69) is 15.5 Å². The fourth-order valence-electron chi connectivity index (χ4n) is 2.27. The minimum Gasteiger partial charge on any atom is -0.423 e. The Morgan fingerprint density at radius 2 is 2.22 bits per heavy atom. The third-order valence-electron chi connectivity index (χ3n) is 3.61. The van der Waals surface area contributed by atoms with Crippen molar-refractivity contribution in [1.29, 1.82) is 0 Å². The molecule has 0 saturated heterocycles. The van der Waals surface area contributed by atoms with Gasteiger partial charge in [0.05, 0.1) is 6.61 Å². The summed E-state index contributed by atoms with van der Waals surface area (Å²) < 4.78 is 10.1. The first-order valence-electron chi connectivity index (χ1n) is 7.38. The number of aromatic nitrogens is 2. The first-order valence-corrected chi connectivity index (χ1v) is 7.38. The molecule has 1 aromatic heterocycles. The van der Waals surface area contributed by atoms with E-state index >= 15 is 0 Å². The summed E-state index contributed by atoms with van der Waals surface area (Å²) in [7, 11) is -0.858. The lowest BCUT2D eigenvalue weighted by Gasteiger charge is -2.10. The van der Waals surface area contributed by atoms with E-state index in [0.29, 0.717) is 19.0 Å². The molecular weight excluding hydrogens is 297 g/mol. The minimum absolute atomic E-state index is 0.0464. The molecule has 7 nitrogen and oxygen atoms in total. The molecule has 23 heavy (non-hydrogen) atoms. The average Bonchev–Trinajstić information content (AvgIpc) is 3.12. The number of amides is 1. The third-order valence-corrected chi connectivity index (χ3v) is 3.61. The fourth-order valence-corrected chi connectivity index (χ4v) is 2.27. The maximum atomic E-state index is 12.1. The summed E-state index contributed by atoms with van der Waals surface area (Å²) in [5.41, 5.74) is 2.33. The standard InChI is InChI=1S/C15H18BN3O4/c1-15(2,3)14-18-13(23-19-14)12(20)17-7-9-4-5-11-10(6-9)8-22-16(11)21/h4-6,21H,7-8H2,1-3H3,(H,17,20). The molecule has 0 fully saturated rings. The van der Waals surface area contributed by atoms with E-state index in [9.17, 15) is 9.82 Å². The van der Waals surface area contributed by atoms with E-state index in [-0.39, 0.29) is 11.3 Å². The van der Waals surface area contributed by atoms with Crippen LogP contribution in [0, 0.1) is 0 Å². The van der Waals surface area contributed by atoms with Gasteiger partial charge in [-0.1, -0.05) is 44.1 Å². The van der Waals surface area contributed by atoms with Crippen molar-refractivity contribution in [3.05, 3.63) is 41.0 Å². The largest absolute Gasteiger partial charge is 0.491 e. The zero-order chi connectivity index (χ0) is 16.6. The highest BCUT2D eigenvalue weighted by molar-refractivity contribution is 6.61. The summed E-state index contributed by atoms with van der Waals surface area (Å²) in [5, 5.41) is 16.2. The van der Waals surface area contributed by atoms with Gasteiger partial charge in [-0.2, -0.15) is 4.98 Å². The van der Waals surface area contributed by atoms with Crippen LogP contribution in [-0.2, 0) is 23.2 Å². The molecule has 0 saturated carbocycles. The van der Waals surface area contributed by atoms with Crippen LogP contribution in [0.15, 0.2) is 22.7 Å². The number of fused-ring (bicyclic) bond motifs is 1. The topological polar surface area (TPSA) is 97.5 Å². The Labute approximate surface area is 134 Å². The second-order valence-electron chi connectivity index (χ2n) is 6.55. The first kappa shape index (κ1) is 15.7. The van der Waals surface area contributed by atoms with Crippen LogP contribution in [0.25, 0.3) is 0 Å². The number of hydrogen-bond donors (Lipinski definition) is 2. The van der Waals surface area contributed by atoms with Crippen LogP contribution in [0.3, 0.4) is 0 Å². The Morgan fingerprint density at radius 3 is 2.91 bits per heavy atom. The monoisotopic (exact) mass is 315 g/mol. The molecule has 0 atom stereocenters. The zero-order valence-corrected chi connectivity index (χ0v) is 13.3. The van der Waals surface area contributed by atoms with Crippen molar-refractivity contribution in [1.82, 2.24) is 15.5 Å². The van der Waals surface area contributed by atoms with Crippen LogP contribution in [0.5, 0.6) is 0 Å². The molecule has 3 rings (SSSR count). The van der Waals surface area contributed by atoms with Crippen LogP contribution < -0.4 is 10.8 Å². The summed E-state index contributed by atoms with van der Waals surface area (Å²) in [6.07, 6.45) is 0. The van der Waals surface area contributed by atoms with E-state index in [0.717, 1.165) is 16.6 Å². The van der Waals surface area contributed by atoms with Gasteiger partial charge < -0.3 is 19.5 Å². The Balaban J connectivity index is 1.64. The summed E-state index contributed by atoms with van der Waals surface area (Å²) in [4.78, 5) is 16.2. The van der Waals surface area contributed by atoms with E-state index in [1.807, 2.05) is 32.9 Å². The van der Waals surface area contributed by atoms with Crippen molar-refractivity contribution in [3.8, 4) is 0 Å². The zero-order valence-electron chi connectivity index (χ0n) is 13.3. The maximum absolute atomic E-state index is 12.1. The number of hydrogen-bond acceptors (Lipinski definition) is 6. The van der Waals surface area contributed by atoms with Gasteiger partial charge in [-0.05, 0) is 16.6 Å². The van der Waals surface area contributed by atoms with E-state index in [4.69, 9.17) is 9.18 Å². The van der Waals surface area contributed by atoms with Crippen molar-refractivity contribution in [2.75, 3.05) is 0 Å². The molecule has 1 aliphatic heterocycles. The summed E-state index contributed by atoms with van der Waals surface area (Å²) in [5.74, 6) is 0.0333. The van der Waals surface area contributed by atoms with Crippen molar-refractivity contribution in [2.24, 2.45) is 0 Å². The Hall–Kier alpha value is -2.19. The predicted octanol–water partition coefficient (Wildman–Crippen LogP) is 0.515. The van der Waals surface area contributed by atoms with Crippen LogP contribution in [0.1, 0.15) is 48.4 Å². The molecule has 0 spiro atoms. The Kier molecular flexibility index (Phi) is 3.95. The number of carbonyl (C=O) groups excluding carboxylic acids is 1. The molecule has 0 unspecified atom stereocenters. The summed E-state index contributed by atoms with van der Waals surface area (Å²) >= 11 is 0. The normalized spacial score (nSPS) is 14.0. The van der Waals surface area contributed by atoms with Gasteiger partial charge in [-0.15, -0.1) is 0 Å². The predicted molar refractivity (Wildman–Crippen MR) is 83.0 cm³/mol. The van der Waals surface area contributed by atoms with Crippen molar-refractivity contribution < 1.29 is 19.0 Å². The van der Waals surface area contributed by atoms with Crippen LogP contribution >= 0.6 is 0 Å². The molecular formula is C15H18BN3O4. The van der Waals surface area contributed by atoms with Gasteiger partial charge in [-0.3, -0.25) is 4.79 Å². The van der Waals surface area contributed by atoms with Crippen molar-refractivity contribution in [3.63, 3.8) is 0 Å². The molecule has 1 aromatic carbocycles. The third kappa shape index (κ3) is 3.28. The molecule has 8 heteroatoms. The van der Waals surface area contributed by atoms with E-state index in [1.54, 1.807) is 6.07 Å². The molecule has 2 N–H and O–H groups in total. The van der Waals surface area contributed by atoms with E-state index < -0.39 is 13.0 Å². The fraction of sp³-hybridized carbons (Fsp3) is 0.400. The smallest absolute Gasteiger partial charge is 0.423 e. The Bertz CT molecular complexity index is 739. The molecule has 1 amide bonds. The van der Waals surface area contributed by atoms with E-state index in [1.165, 1.54) is 0 Å². The number of nitrogens with zero attached hydrogens (tertiary/aromatic N) is 2. The Morgan fingerprint density at radius 1 is 1.43 bits per heavy atom. The van der Waals surface area contributed by atoms with Gasteiger partial charge in [0.15, 0.2) is 5.82 Å². The van der Waals surface area contributed by atoms with Gasteiger partial charge in [0.1, 0.15) is 0 Å². The number of rotatable bonds is 3. The maximum Gasteiger partial charge on any atom is 0.491 e. The first-order chi connectivity index (χ1) is 10.8. The lowest BCUT2D eigenvalue weighted by Crippen LogP contribution is -2.28. The molecule has 0 aliphatic carbocycles. The number of nitrogens with one attached hydrogen (secondary N) is 1. The number of benzene rings is 1. The van der Waals surface area contributed by atoms with Gasteiger partial charge in [0.2, 0.25) is 0 Å². The lowest BCUT2D eigenvalue weighted by molar-refractivity contribution is 0.0907. The second-order valence-corrected chi connectivity index (χ2v) is 6.55. The molecule has 0 bridgehead atoms. The lowest BCUT2D eigenvalue weighted by atomic mass is 9.79.